The van der Waals surface area contributed by atoms with Crippen molar-refractivity contribution in [2.45, 2.75) is 39.8 Å². The van der Waals surface area contributed by atoms with E-state index in [1.807, 2.05) is 33.0 Å². The highest BCUT2D eigenvalue weighted by atomic mass is 16.5. The average Bonchev–Trinajstić information content (AvgIpc) is 2.72. The molecule has 2 aromatic rings. The summed E-state index contributed by atoms with van der Waals surface area (Å²) in [6.45, 7) is 8.11. The molecule has 0 aliphatic carbocycles. The van der Waals surface area contributed by atoms with Gasteiger partial charge in [-0.15, -0.1) is 0 Å². The Hall–Kier alpha value is -1.55. The number of aromatic nitrogens is 2. The lowest BCUT2D eigenvalue weighted by atomic mass is 10.3. The number of rotatable bonds is 6. The van der Waals surface area contributed by atoms with E-state index in [2.05, 4.69) is 22.9 Å². The number of ether oxygens (including phenoxy) is 1. The summed E-state index contributed by atoms with van der Waals surface area (Å²) in [7, 11) is 1.97. The quantitative estimate of drug-likeness (QED) is 0.868. The minimum atomic E-state index is 0.189. The summed E-state index contributed by atoms with van der Waals surface area (Å²) in [6.07, 6.45) is 1.13. The number of aryl methyl sites for hydroxylation is 1. The molecule has 4 nitrogen and oxygen atoms in total. The van der Waals surface area contributed by atoms with Crippen molar-refractivity contribution >= 4 is 11.0 Å². The second-order valence-corrected chi connectivity index (χ2v) is 4.94. The Morgan fingerprint density at radius 2 is 2.16 bits per heavy atom. The zero-order valence-electron chi connectivity index (χ0n) is 12.2. The van der Waals surface area contributed by atoms with E-state index < -0.39 is 0 Å². The molecule has 0 saturated heterocycles. The fraction of sp³-hybridized carbons (Fsp3) is 0.533. The minimum Gasteiger partial charge on any atom is -0.491 e. The van der Waals surface area contributed by atoms with Crippen molar-refractivity contribution in [3.63, 3.8) is 0 Å². The Labute approximate surface area is 114 Å². The van der Waals surface area contributed by atoms with E-state index in [1.165, 1.54) is 5.52 Å². The second-order valence-electron chi connectivity index (χ2n) is 4.94. The Morgan fingerprint density at radius 1 is 1.37 bits per heavy atom. The smallest absolute Gasteiger partial charge is 0.121 e. The van der Waals surface area contributed by atoms with Crippen LogP contribution in [0.25, 0.3) is 11.0 Å². The fourth-order valence-corrected chi connectivity index (χ4v) is 2.29. The molecule has 0 fully saturated rings. The maximum atomic E-state index is 5.72. The molecule has 0 spiro atoms. The second kappa shape index (κ2) is 6.06. The first-order valence-corrected chi connectivity index (χ1v) is 6.96. The van der Waals surface area contributed by atoms with Gasteiger partial charge in [0.2, 0.25) is 0 Å². The molecule has 104 valence electrons. The van der Waals surface area contributed by atoms with Crippen molar-refractivity contribution in [1.82, 2.24) is 14.9 Å². The van der Waals surface area contributed by atoms with Crippen LogP contribution in [0, 0.1) is 0 Å². The number of likely N-dealkylation sites (N-methyl/N-ethyl adjacent to an activating group) is 1. The number of nitrogens with one attached hydrogen (secondary N) is 1. The van der Waals surface area contributed by atoms with Gasteiger partial charge < -0.3 is 14.6 Å². The van der Waals surface area contributed by atoms with Gasteiger partial charge in [0.05, 0.1) is 17.1 Å². The van der Waals surface area contributed by atoms with Gasteiger partial charge in [0, 0.05) is 25.6 Å². The van der Waals surface area contributed by atoms with Gasteiger partial charge in [0.15, 0.2) is 0 Å². The number of fused-ring (bicyclic) bond motifs is 1. The van der Waals surface area contributed by atoms with Crippen LogP contribution in [0.2, 0.25) is 0 Å². The molecular formula is C15H23N3O. The SMILES string of the molecule is CCn1c(CCNC)nc2cc(OC(C)C)ccc21. The first-order valence-electron chi connectivity index (χ1n) is 6.96. The summed E-state index contributed by atoms with van der Waals surface area (Å²) in [4.78, 5) is 4.73. The first-order chi connectivity index (χ1) is 9.15. The number of benzene rings is 1. The zero-order valence-corrected chi connectivity index (χ0v) is 12.2. The van der Waals surface area contributed by atoms with Gasteiger partial charge >= 0.3 is 0 Å². The van der Waals surface area contributed by atoms with E-state index in [4.69, 9.17) is 9.72 Å². The van der Waals surface area contributed by atoms with Gasteiger partial charge in [-0.1, -0.05) is 0 Å². The number of imidazole rings is 1. The van der Waals surface area contributed by atoms with Crippen molar-refractivity contribution in [3.05, 3.63) is 24.0 Å². The largest absolute Gasteiger partial charge is 0.491 e. The molecule has 1 N–H and O–H groups in total. The molecule has 4 heteroatoms. The molecule has 19 heavy (non-hydrogen) atoms. The predicted molar refractivity (Wildman–Crippen MR) is 78.8 cm³/mol. The summed E-state index contributed by atoms with van der Waals surface area (Å²) < 4.78 is 7.99. The molecule has 0 bridgehead atoms. The van der Waals surface area contributed by atoms with Crippen molar-refractivity contribution in [3.8, 4) is 5.75 Å². The summed E-state index contributed by atoms with van der Waals surface area (Å²) in [5, 5.41) is 3.17. The molecule has 2 rings (SSSR count). The third-order valence-corrected chi connectivity index (χ3v) is 3.09. The molecule has 0 aliphatic rings. The van der Waals surface area contributed by atoms with Crippen LogP contribution in [0.4, 0.5) is 0 Å². The molecular weight excluding hydrogens is 238 g/mol. The van der Waals surface area contributed by atoms with E-state index >= 15 is 0 Å². The van der Waals surface area contributed by atoms with Crippen LogP contribution in [0.5, 0.6) is 5.75 Å². The summed E-state index contributed by atoms with van der Waals surface area (Å²) >= 11 is 0. The van der Waals surface area contributed by atoms with Gasteiger partial charge in [-0.3, -0.25) is 0 Å². The van der Waals surface area contributed by atoms with Crippen LogP contribution in [-0.4, -0.2) is 29.2 Å². The molecule has 0 aliphatic heterocycles. The highest BCUT2D eigenvalue weighted by Gasteiger charge is 2.10. The molecule has 0 radical (unpaired) electrons. The Morgan fingerprint density at radius 3 is 2.79 bits per heavy atom. The number of nitrogens with zero attached hydrogens (tertiary/aromatic N) is 2. The van der Waals surface area contributed by atoms with Gasteiger partial charge in [-0.25, -0.2) is 4.98 Å². The standard InChI is InChI=1S/C15H23N3O/c1-5-18-14-7-6-12(19-11(2)3)10-13(14)17-15(18)8-9-16-4/h6-7,10-11,16H,5,8-9H2,1-4H3. The van der Waals surface area contributed by atoms with Crippen LogP contribution >= 0.6 is 0 Å². The zero-order chi connectivity index (χ0) is 13.8. The first kappa shape index (κ1) is 13.9. The third-order valence-electron chi connectivity index (χ3n) is 3.09. The lowest BCUT2D eigenvalue weighted by Crippen LogP contribution is -2.13. The molecule has 0 amide bonds. The highest BCUT2D eigenvalue weighted by Crippen LogP contribution is 2.23. The Bertz CT molecular complexity index is 546. The Kier molecular flexibility index (Phi) is 4.43. The minimum absolute atomic E-state index is 0.189. The molecule has 1 heterocycles. The molecule has 1 aromatic carbocycles. The Balaban J connectivity index is 2.37. The topological polar surface area (TPSA) is 39.1 Å². The van der Waals surface area contributed by atoms with Gasteiger partial charge in [-0.05, 0) is 40.0 Å². The van der Waals surface area contributed by atoms with E-state index in [-0.39, 0.29) is 6.10 Å². The van der Waals surface area contributed by atoms with E-state index in [9.17, 15) is 0 Å². The van der Waals surface area contributed by atoms with Crippen molar-refractivity contribution in [2.75, 3.05) is 13.6 Å². The van der Waals surface area contributed by atoms with E-state index in [0.717, 1.165) is 36.6 Å². The van der Waals surface area contributed by atoms with Crippen molar-refractivity contribution in [1.29, 1.82) is 0 Å². The number of hydrogen-bond donors (Lipinski definition) is 1. The van der Waals surface area contributed by atoms with Crippen LogP contribution < -0.4 is 10.1 Å². The maximum Gasteiger partial charge on any atom is 0.121 e. The van der Waals surface area contributed by atoms with E-state index in [0.29, 0.717) is 0 Å². The maximum absolute atomic E-state index is 5.72. The summed E-state index contributed by atoms with van der Waals surface area (Å²) in [6, 6.07) is 6.16. The third kappa shape index (κ3) is 3.07. The fourth-order valence-electron chi connectivity index (χ4n) is 2.29. The van der Waals surface area contributed by atoms with E-state index in [1.54, 1.807) is 0 Å². The predicted octanol–water partition coefficient (Wildman–Crippen LogP) is 2.61. The van der Waals surface area contributed by atoms with Crippen LogP contribution in [0.3, 0.4) is 0 Å². The monoisotopic (exact) mass is 261 g/mol. The molecule has 0 saturated carbocycles. The van der Waals surface area contributed by atoms with Gasteiger partial charge in [0.1, 0.15) is 11.6 Å². The highest BCUT2D eigenvalue weighted by molar-refractivity contribution is 5.77. The van der Waals surface area contributed by atoms with Crippen molar-refractivity contribution < 1.29 is 4.74 Å². The summed E-state index contributed by atoms with van der Waals surface area (Å²) in [5.74, 6) is 2.02. The average molecular weight is 261 g/mol. The molecule has 0 unspecified atom stereocenters. The van der Waals surface area contributed by atoms with Gasteiger partial charge in [0.25, 0.3) is 0 Å². The van der Waals surface area contributed by atoms with Crippen LogP contribution in [0.1, 0.15) is 26.6 Å². The van der Waals surface area contributed by atoms with Crippen LogP contribution in [0.15, 0.2) is 18.2 Å². The van der Waals surface area contributed by atoms with Crippen molar-refractivity contribution in [2.24, 2.45) is 0 Å². The normalized spacial score (nSPS) is 11.4. The lowest BCUT2D eigenvalue weighted by Gasteiger charge is -2.09. The summed E-state index contributed by atoms with van der Waals surface area (Å²) in [5.41, 5.74) is 2.20. The van der Waals surface area contributed by atoms with Crippen LogP contribution in [-0.2, 0) is 13.0 Å². The molecule has 1 aromatic heterocycles. The lowest BCUT2D eigenvalue weighted by molar-refractivity contribution is 0.242. The number of hydrogen-bond acceptors (Lipinski definition) is 3. The molecule has 0 atom stereocenters. The van der Waals surface area contributed by atoms with Gasteiger partial charge in [-0.2, -0.15) is 0 Å².